The second kappa shape index (κ2) is 3.30. The standard InChI is InChI=1S/C11H8ClNOS/c12-7-1-2-8-6(3-7)4-9-11(8)13-10(5-14)15-9/h1-3,14H,4-5H2. The summed E-state index contributed by atoms with van der Waals surface area (Å²) in [4.78, 5) is 5.64. The van der Waals surface area contributed by atoms with E-state index in [9.17, 15) is 0 Å². The number of hydrogen-bond acceptors (Lipinski definition) is 3. The number of fused-ring (bicyclic) bond motifs is 3. The minimum Gasteiger partial charge on any atom is -0.389 e. The molecule has 1 aromatic carbocycles. The topological polar surface area (TPSA) is 33.1 Å². The zero-order valence-corrected chi connectivity index (χ0v) is 9.40. The van der Waals surface area contributed by atoms with E-state index < -0.39 is 0 Å². The van der Waals surface area contributed by atoms with E-state index in [0.29, 0.717) is 0 Å². The zero-order valence-electron chi connectivity index (χ0n) is 7.83. The molecule has 0 aliphatic heterocycles. The molecule has 2 aromatic rings. The molecule has 0 spiro atoms. The highest BCUT2D eigenvalue weighted by atomic mass is 35.5. The Morgan fingerprint density at radius 1 is 1.47 bits per heavy atom. The number of nitrogens with zero attached hydrogens (tertiary/aromatic N) is 1. The molecule has 76 valence electrons. The molecule has 1 aliphatic carbocycles. The molecular weight excluding hydrogens is 230 g/mol. The van der Waals surface area contributed by atoms with Crippen LogP contribution in [0, 0.1) is 0 Å². The molecule has 4 heteroatoms. The summed E-state index contributed by atoms with van der Waals surface area (Å²) in [6.45, 7) is 0.0284. The molecule has 15 heavy (non-hydrogen) atoms. The Hall–Kier alpha value is -0.900. The van der Waals surface area contributed by atoms with E-state index in [0.717, 1.165) is 27.7 Å². The van der Waals surface area contributed by atoms with Crippen LogP contribution in [0.1, 0.15) is 15.4 Å². The van der Waals surface area contributed by atoms with Gasteiger partial charge in [0.05, 0.1) is 12.3 Å². The van der Waals surface area contributed by atoms with Crippen molar-refractivity contribution < 1.29 is 5.11 Å². The number of benzene rings is 1. The Morgan fingerprint density at radius 3 is 3.13 bits per heavy atom. The molecule has 0 fully saturated rings. The maximum Gasteiger partial charge on any atom is 0.119 e. The van der Waals surface area contributed by atoms with Crippen LogP contribution in [0.2, 0.25) is 5.02 Å². The second-order valence-electron chi connectivity index (χ2n) is 3.52. The van der Waals surface area contributed by atoms with Gasteiger partial charge in [0.15, 0.2) is 0 Å². The van der Waals surface area contributed by atoms with E-state index >= 15 is 0 Å². The summed E-state index contributed by atoms with van der Waals surface area (Å²) in [5.74, 6) is 0. The van der Waals surface area contributed by atoms with Gasteiger partial charge in [-0.05, 0) is 17.7 Å². The second-order valence-corrected chi connectivity index (χ2v) is 5.12. The molecule has 0 radical (unpaired) electrons. The normalized spacial score (nSPS) is 12.7. The number of aromatic nitrogens is 1. The summed E-state index contributed by atoms with van der Waals surface area (Å²) in [5.41, 5.74) is 3.42. The van der Waals surface area contributed by atoms with Crippen LogP contribution in [-0.2, 0) is 13.0 Å². The fourth-order valence-corrected chi connectivity index (χ4v) is 3.07. The van der Waals surface area contributed by atoms with E-state index in [2.05, 4.69) is 4.98 Å². The average molecular weight is 238 g/mol. The van der Waals surface area contributed by atoms with Crippen LogP contribution in [0.25, 0.3) is 11.3 Å². The first-order valence-corrected chi connectivity index (χ1v) is 5.85. The molecule has 0 saturated carbocycles. The first-order valence-electron chi connectivity index (χ1n) is 4.66. The molecule has 0 atom stereocenters. The zero-order chi connectivity index (χ0) is 10.4. The molecule has 1 heterocycles. The van der Waals surface area contributed by atoms with Crippen molar-refractivity contribution in [1.82, 2.24) is 4.98 Å². The molecule has 1 N–H and O–H groups in total. The number of aliphatic hydroxyl groups is 1. The number of hydrogen-bond donors (Lipinski definition) is 1. The van der Waals surface area contributed by atoms with Crippen LogP contribution in [-0.4, -0.2) is 10.1 Å². The van der Waals surface area contributed by atoms with Gasteiger partial charge < -0.3 is 5.11 Å². The van der Waals surface area contributed by atoms with E-state index in [4.69, 9.17) is 16.7 Å². The first kappa shape index (κ1) is 9.33. The molecular formula is C11H8ClNOS. The van der Waals surface area contributed by atoms with Crippen molar-refractivity contribution in [2.24, 2.45) is 0 Å². The summed E-state index contributed by atoms with van der Waals surface area (Å²) in [6, 6.07) is 5.88. The summed E-state index contributed by atoms with van der Waals surface area (Å²) in [5, 5.41) is 10.6. The van der Waals surface area contributed by atoms with Gasteiger partial charge in [-0.25, -0.2) is 4.98 Å². The van der Waals surface area contributed by atoms with E-state index in [-0.39, 0.29) is 6.61 Å². The van der Waals surface area contributed by atoms with Crippen molar-refractivity contribution in [2.45, 2.75) is 13.0 Å². The largest absolute Gasteiger partial charge is 0.389 e. The molecule has 1 aromatic heterocycles. The Kier molecular flexibility index (Phi) is 2.06. The lowest BCUT2D eigenvalue weighted by atomic mass is 10.1. The number of thiazole rings is 1. The minimum atomic E-state index is 0.0284. The van der Waals surface area contributed by atoms with Crippen molar-refractivity contribution in [3.05, 3.63) is 38.7 Å². The van der Waals surface area contributed by atoms with Crippen molar-refractivity contribution in [1.29, 1.82) is 0 Å². The van der Waals surface area contributed by atoms with Crippen molar-refractivity contribution >= 4 is 22.9 Å². The molecule has 0 saturated heterocycles. The van der Waals surface area contributed by atoms with Gasteiger partial charge in [-0.1, -0.05) is 17.7 Å². The number of rotatable bonds is 1. The first-order chi connectivity index (χ1) is 7.28. The van der Waals surface area contributed by atoms with Crippen LogP contribution < -0.4 is 0 Å². The SMILES string of the molecule is OCc1nc2c(s1)Cc1cc(Cl)ccc1-2. The number of aliphatic hydroxyl groups excluding tert-OH is 1. The van der Waals surface area contributed by atoms with E-state index in [1.807, 2.05) is 18.2 Å². The fraction of sp³-hybridized carbons (Fsp3) is 0.182. The van der Waals surface area contributed by atoms with Gasteiger partial charge in [0.25, 0.3) is 0 Å². The lowest BCUT2D eigenvalue weighted by Crippen LogP contribution is -1.83. The predicted octanol–water partition coefficient (Wildman–Crippen LogP) is 2.86. The van der Waals surface area contributed by atoms with Gasteiger partial charge in [-0.2, -0.15) is 0 Å². The highest BCUT2D eigenvalue weighted by Crippen LogP contribution is 2.40. The molecule has 0 unspecified atom stereocenters. The third-order valence-corrected chi connectivity index (χ3v) is 3.83. The van der Waals surface area contributed by atoms with Crippen molar-refractivity contribution in [3.63, 3.8) is 0 Å². The summed E-state index contributed by atoms with van der Waals surface area (Å²) in [6.07, 6.45) is 0.892. The Labute approximate surface area is 96.2 Å². The molecule has 0 bridgehead atoms. The lowest BCUT2D eigenvalue weighted by molar-refractivity contribution is 0.281. The number of halogens is 1. The highest BCUT2D eigenvalue weighted by molar-refractivity contribution is 7.12. The van der Waals surface area contributed by atoms with Crippen LogP contribution in [0.5, 0.6) is 0 Å². The van der Waals surface area contributed by atoms with E-state index in [1.54, 1.807) is 11.3 Å². The van der Waals surface area contributed by atoms with Gasteiger partial charge in [0.1, 0.15) is 5.01 Å². The third-order valence-electron chi connectivity index (χ3n) is 2.55. The van der Waals surface area contributed by atoms with Crippen molar-refractivity contribution in [3.8, 4) is 11.3 Å². The predicted molar refractivity (Wildman–Crippen MR) is 61.3 cm³/mol. The summed E-state index contributed by atoms with van der Waals surface area (Å²) >= 11 is 7.52. The smallest absolute Gasteiger partial charge is 0.119 e. The Morgan fingerprint density at radius 2 is 2.33 bits per heavy atom. The van der Waals surface area contributed by atoms with Crippen LogP contribution >= 0.6 is 22.9 Å². The Balaban J connectivity index is 2.17. The minimum absolute atomic E-state index is 0.0284. The van der Waals surface area contributed by atoms with Gasteiger partial charge >= 0.3 is 0 Å². The van der Waals surface area contributed by atoms with E-state index in [1.165, 1.54) is 10.4 Å². The average Bonchev–Trinajstić information content (AvgIpc) is 2.73. The molecule has 2 nitrogen and oxygen atoms in total. The fourth-order valence-electron chi connectivity index (χ4n) is 1.91. The Bertz CT molecular complexity index is 535. The summed E-state index contributed by atoms with van der Waals surface area (Å²) in [7, 11) is 0. The highest BCUT2D eigenvalue weighted by Gasteiger charge is 2.22. The summed E-state index contributed by atoms with van der Waals surface area (Å²) < 4.78 is 0. The molecule has 1 aliphatic rings. The van der Waals surface area contributed by atoms with Crippen LogP contribution in [0.3, 0.4) is 0 Å². The molecule has 3 rings (SSSR count). The van der Waals surface area contributed by atoms with Gasteiger partial charge in [0, 0.05) is 21.9 Å². The van der Waals surface area contributed by atoms with Gasteiger partial charge in [-0.3, -0.25) is 0 Å². The van der Waals surface area contributed by atoms with Crippen LogP contribution in [0.15, 0.2) is 18.2 Å². The van der Waals surface area contributed by atoms with Gasteiger partial charge in [-0.15, -0.1) is 11.3 Å². The quantitative estimate of drug-likeness (QED) is 0.706. The van der Waals surface area contributed by atoms with Gasteiger partial charge in [0.2, 0.25) is 0 Å². The third kappa shape index (κ3) is 1.39. The monoisotopic (exact) mass is 237 g/mol. The molecule has 0 amide bonds. The maximum absolute atomic E-state index is 9.01. The van der Waals surface area contributed by atoms with Crippen molar-refractivity contribution in [2.75, 3.05) is 0 Å². The maximum atomic E-state index is 9.01. The van der Waals surface area contributed by atoms with Crippen LogP contribution in [0.4, 0.5) is 0 Å². The lowest BCUT2D eigenvalue weighted by Gasteiger charge is -1.98.